The molecule has 1 saturated carbocycles. The number of anilines is 2. The lowest BCUT2D eigenvalue weighted by molar-refractivity contribution is -0.163. The number of amides is 4. The Morgan fingerprint density at radius 2 is 1.91 bits per heavy atom. The van der Waals surface area contributed by atoms with Crippen molar-refractivity contribution in [3.05, 3.63) is 42.4 Å². The number of β-lactam (4-membered cyclic amide) rings is 1. The Morgan fingerprint density at radius 1 is 1.23 bits per heavy atom. The molecule has 186 valence electrons. The number of alkyl halides is 3. The maximum absolute atomic E-state index is 13.5. The zero-order chi connectivity index (χ0) is 25.3. The van der Waals surface area contributed by atoms with E-state index in [1.165, 1.54) is 29.6 Å². The third-order valence-corrected chi connectivity index (χ3v) is 6.09. The monoisotopic (exact) mass is 491 g/mol. The van der Waals surface area contributed by atoms with Crippen molar-refractivity contribution in [2.75, 3.05) is 17.2 Å². The fraction of sp³-hybridized carbons (Fsp3) is 0.455. The number of hydrogen-bond acceptors (Lipinski definition) is 7. The predicted molar refractivity (Wildman–Crippen MR) is 118 cm³/mol. The molecular formula is C22H24F3N7O3. The molecule has 2 aromatic heterocycles. The van der Waals surface area contributed by atoms with E-state index in [0.29, 0.717) is 23.3 Å². The molecule has 4 amide bonds. The molecule has 0 bridgehead atoms. The van der Waals surface area contributed by atoms with Crippen molar-refractivity contribution < 1.29 is 27.6 Å². The van der Waals surface area contributed by atoms with Crippen molar-refractivity contribution in [2.24, 2.45) is 11.8 Å². The van der Waals surface area contributed by atoms with E-state index < -0.39 is 47.9 Å². The van der Waals surface area contributed by atoms with Crippen LogP contribution in [0.4, 0.5) is 29.7 Å². The second-order valence-electron chi connectivity index (χ2n) is 8.49. The van der Waals surface area contributed by atoms with Gasteiger partial charge in [0.15, 0.2) is 0 Å². The summed E-state index contributed by atoms with van der Waals surface area (Å²) in [6.07, 6.45) is 0.305. The number of imide groups is 1. The van der Waals surface area contributed by atoms with Crippen LogP contribution in [0.2, 0.25) is 0 Å². The Hall–Kier alpha value is -3.77. The summed E-state index contributed by atoms with van der Waals surface area (Å²) < 4.78 is 40.5. The van der Waals surface area contributed by atoms with E-state index >= 15 is 0 Å². The van der Waals surface area contributed by atoms with Gasteiger partial charge in [0.25, 0.3) is 5.91 Å². The van der Waals surface area contributed by atoms with Gasteiger partial charge < -0.3 is 11.1 Å². The molecule has 2 fully saturated rings. The molecule has 2 aliphatic rings. The average Bonchev–Trinajstić information content (AvgIpc) is 3.64. The standard InChI is InChI=1S/C22H24F3N7O3/c1-2-31(20-28-7-3-8-29-20)19(34)16-14(10-12-6-9-27-15(26)11-12)18(33)32(16)21(35)30-17(13-4-5-13)22(23,24)25/h3,6-9,11,13-14,16-17H,2,4-5,10H2,1H3,(H2,26,27)(H,30,35)/t14-,16+,17?/m1/s1. The molecule has 0 radical (unpaired) electrons. The van der Waals surface area contributed by atoms with E-state index in [4.69, 9.17) is 5.73 Å². The highest BCUT2D eigenvalue weighted by molar-refractivity contribution is 6.12. The number of pyridine rings is 1. The van der Waals surface area contributed by atoms with Crippen LogP contribution in [-0.4, -0.2) is 62.5 Å². The lowest BCUT2D eigenvalue weighted by Gasteiger charge is -2.46. The summed E-state index contributed by atoms with van der Waals surface area (Å²) in [6, 6.07) is 0.0188. The van der Waals surface area contributed by atoms with E-state index in [1.807, 2.05) is 5.32 Å². The number of halogens is 3. The van der Waals surface area contributed by atoms with Gasteiger partial charge >= 0.3 is 12.2 Å². The van der Waals surface area contributed by atoms with Crippen LogP contribution in [0.3, 0.4) is 0 Å². The fourth-order valence-electron chi connectivity index (χ4n) is 4.22. The average molecular weight is 491 g/mol. The van der Waals surface area contributed by atoms with Crippen molar-refractivity contribution in [3.8, 4) is 0 Å². The van der Waals surface area contributed by atoms with Crippen LogP contribution >= 0.6 is 0 Å². The maximum Gasteiger partial charge on any atom is 0.408 e. The minimum atomic E-state index is -4.68. The summed E-state index contributed by atoms with van der Waals surface area (Å²) in [6.45, 7) is 1.77. The molecule has 0 aromatic carbocycles. The van der Waals surface area contributed by atoms with Gasteiger partial charge in [0.05, 0.1) is 5.92 Å². The molecule has 10 nitrogen and oxygen atoms in total. The fourth-order valence-corrected chi connectivity index (χ4v) is 4.22. The van der Waals surface area contributed by atoms with E-state index in [1.54, 1.807) is 19.1 Å². The van der Waals surface area contributed by atoms with Crippen molar-refractivity contribution >= 4 is 29.6 Å². The quantitative estimate of drug-likeness (QED) is 0.565. The number of urea groups is 1. The molecule has 3 atom stereocenters. The van der Waals surface area contributed by atoms with Gasteiger partial charge in [-0.2, -0.15) is 13.2 Å². The van der Waals surface area contributed by atoms with Crippen LogP contribution < -0.4 is 16.0 Å². The summed E-state index contributed by atoms with van der Waals surface area (Å²) in [5.74, 6) is -2.90. The number of carbonyl (C=O) groups is 3. The number of nitrogen functional groups attached to an aromatic ring is 1. The number of nitrogens with two attached hydrogens (primary N) is 1. The third-order valence-electron chi connectivity index (χ3n) is 6.09. The smallest absolute Gasteiger partial charge is 0.384 e. The Morgan fingerprint density at radius 3 is 2.49 bits per heavy atom. The van der Waals surface area contributed by atoms with Crippen LogP contribution in [0, 0.1) is 11.8 Å². The number of likely N-dealkylation sites (N-methyl/N-ethyl adjacent to an activating group) is 1. The topological polar surface area (TPSA) is 134 Å². The van der Waals surface area contributed by atoms with Gasteiger partial charge in [0.1, 0.15) is 17.9 Å². The Balaban J connectivity index is 1.62. The van der Waals surface area contributed by atoms with Gasteiger partial charge in [-0.25, -0.2) is 19.7 Å². The zero-order valence-corrected chi connectivity index (χ0v) is 18.8. The van der Waals surface area contributed by atoms with E-state index in [-0.39, 0.29) is 24.7 Å². The summed E-state index contributed by atoms with van der Waals surface area (Å²) >= 11 is 0. The zero-order valence-electron chi connectivity index (χ0n) is 18.8. The molecule has 1 aliphatic heterocycles. The Labute approximate surface area is 198 Å². The van der Waals surface area contributed by atoms with Crippen LogP contribution in [0.5, 0.6) is 0 Å². The van der Waals surface area contributed by atoms with E-state index in [0.717, 1.165) is 0 Å². The van der Waals surface area contributed by atoms with Crippen molar-refractivity contribution in [3.63, 3.8) is 0 Å². The first-order valence-electron chi connectivity index (χ1n) is 11.1. The summed E-state index contributed by atoms with van der Waals surface area (Å²) in [4.78, 5) is 53.2. The number of rotatable bonds is 7. The highest BCUT2D eigenvalue weighted by atomic mass is 19.4. The molecule has 4 rings (SSSR count). The second-order valence-corrected chi connectivity index (χ2v) is 8.49. The summed E-state index contributed by atoms with van der Waals surface area (Å²) in [7, 11) is 0. The highest BCUT2D eigenvalue weighted by Gasteiger charge is 2.57. The van der Waals surface area contributed by atoms with Crippen molar-refractivity contribution in [1.29, 1.82) is 0 Å². The number of aromatic nitrogens is 3. The van der Waals surface area contributed by atoms with Gasteiger partial charge in [-0.05, 0) is 55.9 Å². The van der Waals surface area contributed by atoms with E-state index in [2.05, 4.69) is 15.0 Å². The van der Waals surface area contributed by atoms with Gasteiger partial charge in [-0.1, -0.05) is 0 Å². The first kappa shape index (κ1) is 24.4. The first-order valence-corrected chi connectivity index (χ1v) is 11.1. The normalized spacial score (nSPS) is 20.7. The summed E-state index contributed by atoms with van der Waals surface area (Å²) in [5.41, 5.74) is 6.30. The van der Waals surface area contributed by atoms with Crippen molar-refractivity contribution in [2.45, 2.75) is 44.4 Å². The molecule has 1 unspecified atom stereocenters. The largest absolute Gasteiger partial charge is 0.408 e. The van der Waals surface area contributed by atoms with E-state index in [9.17, 15) is 27.6 Å². The molecule has 1 saturated heterocycles. The van der Waals surface area contributed by atoms with Gasteiger partial charge in [0.2, 0.25) is 11.9 Å². The number of nitrogens with zero attached hydrogens (tertiary/aromatic N) is 5. The number of likely N-dealkylation sites (tertiary alicyclic amines) is 1. The predicted octanol–water partition coefficient (Wildman–Crippen LogP) is 1.93. The van der Waals surface area contributed by atoms with Crippen LogP contribution in [0.15, 0.2) is 36.8 Å². The lowest BCUT2D eigenvalue weighted by atomic mass is 9.81. The Bertz CT molecular complexity index is 1110. The molecule has 3 N–H and O–H groups in total. The van der Waals surface area contributed by atoms with Gasteiger partial charge in [-0.15, -0.1) is 0 Å². The molecule has 13 heteroatoms. The SMILES string of the molecule is CCN(C(=O)[C@@H]1[C@@H](Cc2ccnc(N)c2)C(=O)N1C(=O)NC(C1CC1)C(F)(F)F)c1ncccn1. The minimum absolute atomic E-state index is 0.0459. The molecule has 1 aliphatic carbocycles. The molecule has 35 heavy (non-hydrogen) atoms. The first-order chi connectivity index (χ1) is 16.6. The van der Waals surface area contributed by atoms with Crippen LogP contribution in [0.25, 0.3) is 0 Å². The molecule has 0 spiro atoms. The lowest BCUT2D eigenvalue weighted by Crippen LogP contribution is -2.71. The van der Waals surface area contributed by atoms with Crippen molar-refractivity contribution in [1.82, 2.24) is 25.2 Å². The summed E-state index contributed by atoms with van der Waals surface area (Å²) in [5, 5.41) is 1.94. The second kappa shape index (κ2) is 9.47. The Kier molecular flexibility index (Phi) is 6.59. The number of carbonyl (C=O) groups excluding carboxylic acids is 3. The third kappa shape index (κ3) is 5.03. The van der Waals surface area contributed by atoms with Crippen LogP contribution in [-0.2, 0) is 16.0 Å². The van der Waals surface area contributed by atoms with Gasteiger partial charge in [0, 0.05) is 25.1 Å². The minimum Gasteiger partial charge on any atom is -0.384 e. The maximum atomic E-state index is 13.5. The highest BCUT2D eigenvalue weighted by Crippen LogP contribution is 2.41. The van der Waals surface area contributed by atoms with Gasteiger partial charge in [-0.3, -0.25) is 19.4 Å². The number of hydrogen-bond donors (Lipinski definition) is 2. The van der Waals surface area contributed by atoms with Crippen LogP contribution in [0.1, 0.15) is 25.3 Å². The molecular weight excluding hydrogens is 467 g/mol. The molecule has 2 aromatic rings. The number of nitrogens with one attached hydrogen (secondary N) is 1. The molecule has 3 heterocycles.